The molecule has 0 saturated heterocycles. The van der Waals surface area contributed by atoms with Gasteiger partial charge in [-0.15, -0.1) is 0 Å². The quantitative estimate of drug-likeness (QED) is 0.400. The van der Waals surface area contributed by atoms with Crippen LogP contribution in [-0.4, -0.2) is 22.0 Å². The van der Waals surface area contributed by atoms with Crippen LogP contribution in [0.5, 0.6) is 0 Å². The van der Waals surface area contributed by atoms with Crippen molar-refractivity contribution in [1.29, 1.82) is 0 Å². The van der Waals surface area contributed by atoms with E-state index in [9.17, 15) is 0 Å². The summed E-state index contributed by atoms with van der Waals surface area (Å²) in [5.41, 5.74) is 2.33. The van der Waals surface area contributed by atoms with E-state index < -0.39 is 0 Å². The minimum atomic E-state index is -0.254. The first-order valence-electron chi connectivity index (χ1n) is 6.87. The molecule has 0 unspecified atom stereocenters. The molecule has 0 aliphatic heterocycles. The molecular weight excluding hydrogens is 262 g/mol. The third-order valence-electron chi connectivity index (χ3n) is 3.04. The Morgan fingerprint density at radius 3 is 2.52 bits per heavy atom. The maximum absolute atomic E-state index is 5.57. The van der Waals surface area contributed by atoms with E-state index in [1.807, 2.05) is 51.1 Å². The lowest BCUT2D eigenvalue weighted by atomic mass is 10.1. The Labute approximate surface area is 123 Å². The van der Waals surface area contributed by atoms with Crippen LogP contribution in [0.15, 0.2) is 47.7 Å². The molecule has 0 aliphatic rings. The molecule has 0 saturated carbocycles. The molecule has 4 nitrogen and oxygen atoms in total. The molecule has 0 atom stereocenters. The molecule has 21 heavy (non-hydrogen) atoms. The lowest BCUT2D eigenvalue weighted by molar-refractivity contribution is 0.127. The second-order valence-electron chi connectivity index (χ2n) is 5.84. The number of hydrogen-bond donors (Lipinski definition) is 0. The number of benzene rings is 1. The molecule has 3 rings (SSSR count). The Kier molecular flexibility index (Phi) is 3.29. The second-order valence-corrected chi connectivity index (χ2v) is 5.84. The van der Waals surface area contributed by atoms with E-state index in [-0.39, 0.29) is 5.60 Å². The van der Waals surface area contributed by atoms with E-state index >= 15 is 0 Å². The lowest BCUT2D eigenvalue weighted by Crippen LogP contribution is -2.17. The Hall–Kier alpha value is -2.49. The van der Waals surface area contributed by atoms with Crippen LogP contribution in [0.2, 0.25) is 0 Å². The van der Waals surface area contributed by atoms with Gasteiger partial charge < -0.3 is 4.74 Å². The van der Waals surface area contributed by atoms with Crippen molar-refractivity contribution in [3.8, 4) is 0 Å². The van der Waals surface area contributed by atoms with Crippen LogP contribution in [0.3, 0.4) is 0 Å². The van der Waals surface area contributed by atoms with Gasteiger partial charge >= 0.3 is 0 Å². The third kappa shape index (κ3) is 2.84. The molecule has 106 valence electrons. The summed E-state index contributed by atoms with van der Waals surface area (Å²) in [6.07, 6.45) is 5.06. The molecule has 0 bridgehead atoms. The minimum absolute atomic E-state index is 0.254. The van der Waals surface area contributed by atoms with Crippen LogP contribution >= 0.6 is 0 Å². The molecule has 0 amide bonds. The van der Waals surface area contributed by atoms with Gasteiger partial charge in [0.15, 0.2) is 6.40 Å². The van der Waals surface area contributed by atoms with E-state index in [4.69, 9.17) is 4.74 Å². The fraction of sp³-hybridized carbons (Fsp3) is 0.235. The molecule has 3 aromatic rings. The minimum Gasteiger partial charge on any atom is -0.478 e. The van der Waals surface area contributed by atoms with Gasteiger partial charge in [0.1, 0.15) is 5.60 Å². The van der Waals surface area contributed by atoms with E-state index in [0.29, 0.717) is 0 Å². The molecule has 0 radical (unpaired) electrons. The summed E-state index contributed by atoms with van der Waals surface area (Å²) in [6, 6.07) is 9.84. The van der Waals surface area contributed by atoms with Gasteiger partial charge in [0, 0.05) is 23.2 Å². The molecular formula is C17H17N3O. The number of fused-ring (bicyclic) bond motifs is 3. The van der Waals surface area contributed by atoms with Crippen molar-refractivity contribution in [2.45, 2.75) is 26.4 Å². The summed E-state index contributed by atoms with van der Waals surface area (Å²) < 4.78 is 5.57. The topological polar surface area (TPSA) is 47.4 Å². The average molecular weight is 279 g/mol. The molecule has 4 heteroatoms. The number of pyridine rings is 2. The van der Waals surface area contributed by atoms with Gasteiger partial charge in [0.05, 0.1) is 16.7 Å². The summed E-state index contributed by atoms with van der Waals surface area (Å²) >= 11 is 0. The van der Waals surface area contributed by atoms with Crippen molar-refractivity contribution in [2.24, 2.45) is 4.99 Å². The predicted molar refractivity (Wildman–Crippen MR) is 86.0 cm³/mol. The van der Waals surface area contributed by atoms with Gasteiger partial charge in [-0.05, 0) is 45.0 Å². The Morgan fingerprint density at radius 2 is 1.76 bits per heavy atom. The monoisotopic (exact) mass is 279 g/mol. The van der Waals surface area contributed by atoms with Crippen LogP contribution < -0.4 is 0 Å². The first-order chi connectivity index (χ1) is 10.0. The summed E-state index contributed by atoms with van der Waals surface area (Å²) in [4.78, 5) is 13.3. The van der Waals surface area contributed by atoms with Gasteiger partial charge in [0.25, 0.3) is 0 Å². The molecule has 0 fully saturated rings. The average Bonchev–Trinajstić information content (AvgIpc) is 2.46. The summed E-state index contributed by atoms with van der Waals surface area (Å²) in [6.45, 7) is 5.97. The highest BCUT2D eigenvalue weighted by Gasteiger charge is 2.09. The van der Waals surface area contributed by atoms with Gasteiger partial charge in [0.2, 0.25) is 0 Å². The Morgan fingerprint density at radius 1 is 1.05 bits per heavy atom. The highest BCUT2D eigenvalue weighted by atomic mass is 16.5. The van der Waals surface area contributed by atoms with Crippen molar-refractivity contribution >= 4 is 33.9 Å². The molecule has 2 aromatic heterocycles. The highest BCUT2D eigenvalue weighted by molar-refractivity contribution is 6.08. The summed E-state index contributed by atoms with van der Waals surface area (Å²) in [7, 11) is 0. The maximum atomic E-state index is 5.57. The highest BCUT2D eigenvalue weighted by Crippen LogP contribution is 2.30. The van der Waals surface area contributed by atoms with Crippen LogP contribution in [0.1, 0.15) is 20.8 Å². The Balaban J connectivity index is 2.16. The number of aromatic nitrogens is 2. The maximum Gasteiger partial charge on any atom is 0.175 e. The SMILES string of the molecule is CC(C)(C)OC=Nc1cc2cccnc2c2ncccc12. The number of aliphatic imine (C=N–C) groups is 1. The molecule has 0 aliphatic carbocycles. The normalized spacial score (nSPS) is 12.3. The van der Waals surface area contributed by atoms with E-state index in [1.165, 1.54) is 6.40 Å². The van der Waals surface area contributed by atoms with Crippen molar-refractivity contribution in [3.05, 3.63) is 42.7 Å². The molecule has 2 heterocycles. The summed E-state index contributed by atoms with van der Waals surface area (Å²) in [5, 5.41) is 1.99. The second kappa shape index (κ2) is 5.13. The number of nitrogens with zero attached hydrogens (tertiary/aromatic N) is 3. The van der Waals surface area contributed by atoms with Crippen LogP contribution in [-0.2, 0) is 4.74 Å². The molecule has 1 aromatic carbocycles. The molecule has 0 spiro atoms. The predicted octanol–water partition coefficient (Wildman–Crippen LogP) is 4.26. The molecule has 0 N–H and O–H groups in total. The van der Waals surface area contributed by atoms with Crippen LogP contribution in [0, 0.1) is 0 Å². The third-order valence-corrected chi connectivity index (χ3v) is 3.04. The standard InChI is InChI=1S/C17H17N3O/c1-17(2,3)21-11-20-14-10-12-6-4-8-18-15(12)16-13(14)7-5-9-19-16/h4-11H,1-3H3. The fourth-order valence-corrected chi connectivity index (χ4v) is 2.11. The zero-order valence-corrected chi connectivity index (χ0v) is 12.4. The first kappa shape index (κ1) is 13.5. The van der Waals surface area contributed by atoms with Crippen molar-refractivity contribution in [3.63, 3.8) is 0 Å². The smallest absolute Gasteiger partial charge is 0.175 e. The van der Waals surface area contributed by atoms with Gasteiger partial charge in [-0.2, -0.15) is 0 Å². The Bertz CT molecular complexity index is 819. The van der Waals surface area contributed by atoms with Crippen molar-refractivity contribution < 1.29 is 4.74 Å². The largest absolute Gasteiger partial charge is 0.478 e. The van der Waals surface area contributed by atoms with Crippen molar-refractivity contribution in [1.82, 2.24) is 9.97 Å². The van der Waals surface area contributed by atoms with E-state index in [2.05, 4.69) is 15.0 Å². The van der Waals surface area contributed by atoms with Crippen LogP contribution in [0.4, 0.5) is 5.69 Å². The fourth-order valence-electron chi connectivity index (χ4n) is 2.11. The van der Waals surface area contributed by atoms with Gasteiger partial charge in [-0.1, -0.05) is 6.07 Å². The van der Waals surface area contributed by atoms with Gasteiger partial charge in [-0.25, -0.2) is 4.99 Å². The zero-order valence-electron chi connectivity index (χ0n) is 12.4. The zero-order chi connectivity index (χ0) is 14.9. The van der Waals surface area contributed by atoms with Crippen molar-refractivity contribution in [2.75, 3.05) is 0 Å². The van der Waals surface area contributed by atoms with E-state index in [0.717, 1.165) is 27.5 Å². The van der Waals surface area contributed by atoms with Crippen LogP contribution in [0.25, 0.3) is 21.8 Å². The first-order valence-corrected chi connectivity index (χ1v) is 6.87. The van der Waals surface area contributed by atoms with Gasteiger partial charge in [-0.3, -0.25) is 9.97 Å². The lowest BCUT2D eigenvalue weighted by Gasteiger charge is -2.16. The van der Waals surface area contributed by atoms with E-state index in [1.54, 1.807) is 12.4 Å². The number of rotatable bonds is 2. The summed E-state index contributed by atoms with van der Waals surface area (Å²) in [5.74, 6) is 0. The number of hydrogen-bond acceptors (Lipinski definition) is 4. The number of ether oxygens (including phenoxy) is 1.